The molecule has 2 fully saturated rings. The van der Waals surface area contributed by atoms with Crippen molar-refractivity contribution in [3.8, 4) is 0 Å². The number of hydrogen-bond donors (Lipinski definition) is 2. The number of rotatable bonds is 3. The summed E-state index contributed by atoms with van der Waals surface area (Å²) in [5.41, 5.74) is 0.225. The van der Waals surface area contributed by atoms with E-state index in [0.29, 0.717) is 0 Å². The second-order valence-electron chi connectivity index (χ2n) is 7.73. The number of carboxylic acids is 1. The van der Waals surface area contributed by atoms with Crippen molar-refractivity contribution >= 4 is 16.7 Å². The number of carbonyl (C=O) groups is 1. The minimum atomic E-state index is -0.654. The lowest BCUT2D eigenvalue weighted by Crippen LogP contribution is -2.64. The molecule has 0 bridgehead atoms. The fourth-order valence-electron chi connectivity index (χ4n) is 5.13. The second-order valence-corrected chi connectivity index (χ2v) is 7.73. The molecule has 126 valence electrons. The molecule has 2 atom stereocenters. The quantitative estimate of drug-likeness (QED) is 0.899. The molecule has 2 unspecified atom stereocenters. The van der Waals surface area contributed by atoms with Crippen LogP contribution in [0.5, 0.6) is 0 Å². The van der Waals surface area contributed by atoms with Gasteiger partial charge in [-0.15, -0.1) is 0 Å². The fraction of sp³-hybridized carbons (Fsp3) is 0.476. The largest absolute Gasteiger partial charge is 0.481 e. The van der Waals surface area contributed by atoms with Crippen molar-refractivity contribution in [2.24, 2.45) is 11.3 Å². The predicted molar refractivity (Wildman–Crippen MR) is 96.2 cm³/mol. The standard InChI is InChI=1S/C21H25NO2/c1-20(17-9-8-15-6-2-3-7-16(15)12-17)10-4-5-11-21(20,19(23)24)18-13-22-14-18/h2-3,6-9,12,18,22H,4-5,10-11,13-14H2,1H3,(H,23,24). The Bertz CT molecular complexity index is 782. The van der Waals surface area contributed by atoms with Crippen LogP contribution < -0.4 is 5.32 Å². The zero-order valence-corrected chi connectivity index (χ0v) is 14.2. The van der Waals surface area contributed by atoms with Crippen LogP contribution in [0.15, 0.2) is 42.5 Å². The van der Waals surface area contributed by atoms with Crippen LogP contribution in [0.4, 0.5) is 0 Å². The highest BCUT2D eigenvalue weighted by molar-refractivity contribution is 5.84. The Morgan fingerprint density at radius 1 is 1.08 bits per heavy atom. The van der Waals surface area contributed by atoms with Crippen molar-refractivity contribution in [1.82, 2.24) is 5.32 Å². The molecule has 2 aromatic carbocycles. The molecule has 0 spiro atoms. The highest BCUT2D eigenvalue weighted by Crippen LogP contribution is 2.57. The molecule has 2 aliphatic rings. The Morgan fingerprint density at radius 3 is 2.46 bits per heavy atom. The number of benzene rings is 2. The van der Waals surface area contributed by atoms with Gasteiger partial charge >= 0.3 is 5.97 Å². The van der Waals surface area contributed by atoms with Crippen molar-refractivity contribution in [3.05, 3.63) is 48.0 Å². The Hall–Kier alpha value is -1.87. The second kappa shape index (κ2) is 5.59. The average Bonchev–Trinajstić information content (AvgIpc) is 2.54. The van der Waals surface area contributed by atoms with Crippen molar-refractivity contribution in [2.75, 3.05) is 13.1 Å². The SMILES string of the molecule is CC1(c2ccc3ccccc3c2)CCCCC1(C(=O)O)C1CNC1. The van der Waals surface area contributed by atoms with Crippen LogP contribution in [0.3, 0.4) is 0 Å². The molecule has 0 aromatic heterocycles. The first kappa shape index (κ1) is 15.6. The summed E-state index contributed by atoms with van der Waals surface area (Å²) < 4.78 is 0. The van der Waals surface area contributed by atoms with Crippen LogP contribution in [0, 0.1) is 11.3 Å². The first-order valence-corrected chi connectivity index (χ1v) is 9.01. The Morgan fingerprint density at radius 2 is 1.79 bits per heavy atom. The van der Waals surface area contributed by atoms with Crippen LogP contribution in [0.2, 0.25) is 0 Å². The summed E-state index contributed by atoms with van der Waals surface area (Å²) in [4.78, 5) is 12.5. The van der Waals surface area contributed by atoms with E-state index in [4.69, 9.17) is 0 Å². The van der Waals surface area contributed by atoms with Gasteiger partial charge in [-0.25, -0.2) is 0 Å². The summed E-state index contributed by atoms with van der Waals surface area (Å²) in [5, 5.41) is 16.0. The first-order valence-electron chi connectivity index (χ1n) is 9.01. The first-order chi connectivity index (χ1) is 11.6. The van der Waals surface area contributed by atoms with E-state index in [-0.39, 0.29) is 11.3 Å². The summed E-state index contributed by atoms with van der Waals surface area (Å²) in [6.45, 7) is 3.85. The molecular formula is C21H25NO2. The fourth-order valence-corrected chi connectivity index (χ4v) is 5.13. The van der Waals surface area contributed by atoms with Gasteiger partial charge in [0.2, 0.25) is 0 Å². The maximum absolute atomic E-state index is 12.5. The molecule has 3 heteroatoms. The minimum absolute atomic E-state index is 0.228. The number of hydrogen-bond acceptors (Lipinski definition) is 2. The lowest BCUT2D eigenvalue weighted by atomic mass is 9.48. The molecule has 3 nitrogen and oxygen atoms in total. The van der Waals surface area contributed by atoms with Gasteiger partial charge < -0.3 is 10.4 Å². The lowest BCUT2D eigenvalue weighted by Gasteiger charge is -2.56. The maximum Gasteiger partial charge on any atom is 0.310 e. The third-order valence-electron chi connectivity index (χ3n) is 6.73. The van der Waals surface area contributed by atoms with E-state index in [9.17, 15) is 9.90 Å². The molecule has 1 aliphatic carbocycles. The van der Waals surface area contributed by atoms with Crippen LogP contribution in [-0.2, 0) is 10.2 Å². The van der Waals surface area contributed by atoms with E-state index in [0.717, 1.165) is 38.8 Å². The zero-order valence-electron chi connectivity index (χ0n) is 14.2. The van der Waals surface area contributed by atoms with Crippen LogP contribution >= 0.6 is 0 Å². The van der Waals surface area contributed by atoms with Gasteiger partial charge in [-0.2, -0.15) is 0 Å². The molecule has 2 N–H and O–H groups in total. The summed E-state index contributed by atoms with van der Waals surface area (Å²) in [5.74, 6) is -0.379. The van der Waals surface area contributed by atoms with E-state index >= 15 is 0 Å². The van der Waals surface area contributed by atoms with E-state index in [1.165, 1.54) is 16.3 Å². The lowest BCUT2D eigenvalue weighted by molar-refractivity contribution is -0.165. The molecule has 0 radical (unpaired) electrons. The summed E-state index contributed by atoms with van der Waals surface area (Å²) in [6, 6.07) is 14.9. The van der Waals surface area contributed by atoms with Crippen molar-refractivity contribution in [3.63, 3.8) is 0 Å². The average molecular weight is 323 g/mol. The molecule has 0 amide bonds. The third kappa shape index (κ3) is 2.04. The van der Waals surface area contributed by atoms with Gasteiger partial charge in [0.25, 0.3) is 0 Å². The number of carboxylic acid groups (broad SMARTS) is 1. The molecule has 4 rings (SSSR count). The van der Waals surface area contributed by atoms with Gasteiger partial charge in [0.05, 0.1) is 5.41 Å². The Balaban J connectivity index is 1.88. The normalized spacial score (nSPS) is 30.9. The highest BCUT2D eigenvalue weighted by atomic mass is 16.4. The monoisotopic (exact) mass is 323 g/mol. The zero-order chi connectivity index (χ0) is 16.8. The van der Waals surface area contributed by atoms with Gasteiger partial charge in [0, 0.05) is 24.4 Å². The topological polar surface area (TPSA) is 49.3 Å². The molecule has 1 heterocycles. The molecular weight excluding hydrogens is 298 g/mol. The molecule has 1 saturated carbocycles. The van der Waals surface area contributed by atoms with Gasteiger partial charge in [0.15, 0.2) is 0 Å². The third-order valence-corrected chi connectivity index (χ3v) is 6.73. The van der Waals surface area contributed by atoms with Gasteiger partial charge in [0.1, 0.15) is 0 Å². The molecule has 1 saturated heterocycles. The van der Waals surface area contributed by atoms with Crippen LogP contribution in [0.25, 0.3) is 10.8 Å². The van der Waals surface area contributed by atoms with Crippen molar-refractivity contribution in [2.45, 2.75) is 38.0 Å². The van der Waals surface area contributed by atoms with Crippen molar-refractivity contribution in [1.29, 1.82) is 0 Å². The van der Waals surface area contributed by atoms with E-state index in [1.54, 1.807) is 0 Å². The van der Waals surface area contributed by atoms with Gasteiger partial charge in [-0.05, 0) is 29.2 Å². The van der Waals surface area contributed by atoms with Crippen LogP contribution in [-0.4, -0.2) is 24.2 Å². The van der Waals surface area contributed by atoms with Crippen molar-refractivity contribution < 1.29 is 9.90 Å². The summed E-state index contributed by atoms with van der Waals surface area (Å²) in [6.07, 6.45) is 3.87. The maximum atomic E-state index is 12.5. The van der Waals surface area contributed by atoms with Crippen LogP contribution in [0.1, 0.15) is 38.2 Å². The number of fused-ring (bicyclic) bond motifs is 1. The molecule has 2 aromatic rings. The molecule has 1 aliphatic heterocycles. The summed E-state index contributed by atoms with van der Waals surface area (Å²) in [7, 11) is 0. The smallest absolute Gasteiger partial charge is 0.310 e. The number of nitrogens with one attached hydrogen (secondary N) is 1. The van der Waals surface area contributed by atoms with E-state index in [1.807, 2.05) is 6.07 Å². The predicted octanol–water partition coefficient (Wildman–Crippen LogP) is 3.96. The van der Waals surface area contributed by atoms with E-state index in [2.05, 4.69) is 48.6 Å². The highest BCUT2D eigenvalue weighted by Gasteiger charge is 2.61. The number of aliphatic carboxylic acids is 1. The minimum Gasteiger partial charge on any atom is -0.481 e. The van der Waals surface area contributed by atoms with Gasteiger partial charge in [-0.1, -0.05) is 62.2 Å². The Kier molecular flexibility index (Phi) is 3.65. The van der Waals surface area contributed by atoms with Gasteiger partial charge in [-0.3, -0.25) is 4.79 Å². The Labute approximate surface area is 143 Å². The van der Waals surface area contributed by atoms with E-state index < -0.39 is 11.4 Å². The molecule has 24 heavy (non-hydrogen) atoms. The summed E-state index contributed by atoms with van der Waals surface area (Å²) >= 11 is 0.